The van der Waals surface area contributed by atoms with E-state index in [4.69, 9.17) is 0 Å². The molecule has 4 nitrogen and oxygen atoms in total. The second-order valence-corrected chi connectivity index (χ2v) is 6.60. The maximum absolute atomic E-state index is 12.3. The average Bonchev–Trinajstić information content (AvgIpc) is 2.93. The van der Waals surface area contributed by atoms with Gasteiger partial charge in [0, 0.05) is 11.9 Å². The summed E-state index contributed by atoms with van der Waals surface area (Å²) in [6.45, 7) is 0.774. The Hall–Kier alpha value is -2.24. The second-order valence-electron chi connectivity index (χ2n) is 5.75. The predicted octanol–water partition coefficient (Wildman–Crippen LogP) is 3.54. The summed E-state index contributed by atoms with van der Waals surface area (Å²) in [5, 5.41) is 7.81. The molecular weight excluding hydrogens is 306 g/mol. The zero-order valence-corrected chi connectivity index (χ0v) is 14.1. The third kappa shape index (κ3) is 3.94. The Morgan fingerprint density at radius 2 is 1.96 bits per heavy atom. The van der Waals surface area contributed by atoms with Crippen molar-refractivity contribution in [1.82, 2.24) is 9.88 Å². The molecular formula is C18H19N3OS. The van der Waals surface area contributed by atoms with Crippen LogP contribution in [0.1, 0.15) is 11.3 Å². The summed E-state index contributed by atoms with van der Waals surface area (Å²) >= 11 is 1.46. The van der Waals surface area contributed by atoms with Crippen LogP contribution in [0.3, 0.4) is 0 Å². The number of thiazole rings is 1. The van der Waals surface area contributed by atoms with Crippen molar-refractivity contribution in [2.45, 2.75) is 13.0 Å². The van der Waals surface area contributed by atoms with E-state index in [0.29, 0.717) is 11.6 Å². The SMILES string of the molecule is CN(C)Cc1csc(NC(=O)Cc2cccc3ccccc23)n1. The first kappa shape index (κ1) is 15.6. The van der Waals surface area contributed by atoms with Crippen LogP contribution in [0, 0.1) is 0 Å². The highest BCUT2D eigenvalue weighted by molar-refractivity contribution is 7.13. The molecule has 0 radical (unpaired) electrons. The number of fused-ring (bicyclic) bond motifs is 1. The lowest BCUT2D eigenvalue weighted by atomic mass is 10.0. The second kappa shape index (κ2) is 6.89. The first-order valence-electron chi connectivity index (χ1n) is 7.47. The molecule has 0 bridgehead atoms. The molecule has 0 aliphatic rings. The van der Waals surface area contributed by atoms with Crippen LogP contribution in [0.15, 0.2) is 47.8 Å². The number of rotatable bonds is 5. The molecule has 0 fully saturated rings. The van der Waals surface area contributed by atoms with Gasteiger partial charge < -0.3 is 10.2 Å². The quantitative estimate of drug-likeness (QED) is 0.780. The number of hydrogen-bond acceptors (Lipinski definition) is 4. The number of nitrogens with one attached hydrogen (secondary N) is 1. The van der Waals surface area contributed by atoms with Crippen LogP contribution < -0.4 is 5.32 Å². The van der Waals surface area contributed by atoms with E-state index in [1.165, 1.54) is 11.3 Å². The van der Waals surface area contributed by atoms with E-state index in [1.807, 2.05) is 43.7 Å². The Kier molecular flexibility index (Phi) is 4.69. The molecule has 23 heavy (non-hydrogen) atoms. The van der Waals surface area contributed by atoms with Gasteiger partial charge in [0.05, 0.1) is 12.1 Å². The van der Waals surface area contributed by atoms with Gasteiger partial charge in [-0.25, -0.2) is 4.98 Å². The van der Waals surface area contributed by atoms with Gasteiger partial charge in [-0.1, -0.05) is 42.5 Å². The molecule has 1 N–H and O–H groups in total. The van der Waals surface area contributed by atoms with Crippen molar-refractivity contribution in [3.63, 3.8) is 0 Å². The lowest BCUT2D eigenvalue weighted by molar-refractivity contribution is -0.115. The Morgan fingerprint density at radius 1 is 1.17 bits per heavy atom. The lowest BCUT2D eigenvalue weighted by Gasteiger charge is -2.07. The highest BCUT2D eigenvalue weighted by atomic mass is 32.1. The maximum atomic E-state index is 12.3. The fraction of sp³-hybridized carbons (Fsp3) is 0.222. The van der Waals surface area contributed by atoms with Crippen molar-refractivity contribution in [1.29, 1.82) is 0 Å². The molecule has 118 valence electrons. The molecule has 3 rings (SSSR count). The Morgan fingerprint density at radius 3 is 2.78 bits per heavy atom. The van der Waals surface area contributed by atoms with Crippen molar-refractivity contribution in [2.24, 2.45) is 0 Å². The van der Waals surface area contributed by atoms with Gasteiger partial charge in [0.25, 0.3) is 0 Å². The van der Waals surface area contributed by atoms with Crippen LogP contribution >= 0.6 is 11.3 Å². The zero-order valence-electron chi connectivity index (χ0n) is 13.2. The van der Waals surface area contributed by atoms with Crippen molar-refractivity contribution in [3.05, 3.63) is 59.1 Å². The Balaban J connectivity index is 1.70. The van der Waals surface area contributed by atoms with Crippen molar-refractivity contribution < 1.29 is 4.79 Å². The summed E-state index contributed by atoms with van der Waals surface area (Å²) < 4.78 is 0. The van der Waals surface area contributed by atoms with E-state index < -0.39 is 0 Å². The molecule has 0 aliphatic carbocycles. The highest BCUT2D eigenvalue weighted by Gasteiger charge is 2.10. The Labute approximate surface area is 139 Å². The number of aromatic nitrogens is 1. The number of hydrogen-bond donors (Lipinski definition) is 1. The fourth-order valence-corrected chi connectivity index (χ4v) is 3.26. The summed E-state index contributed by atoms with van der Waals surface area (Å²) in [6, 6.07) is 14.2. The fourth-order valence-electron chi connectivity index (χ4n) is 2.54. The van der Waals surface area contributed by atoms with Crippen molar-refractivity contribution in [2.75, 3.05) is 19.4 Å². The number of anilines is 1. The number of amides is 1. The van der Waals surface area contributed by atoms with E-state index in [9.17, 15) is 4.79 Å². The minimum absolute atomic E-state index is 0.0351. The van der Waals surface area contributed by atoms with Gasteiger partial charge in [0.1, 0.15) is 0 Å². The number of carbonyl (C=O) groups is 1. The van der Waals surface area contributed by atoms with E-state index in [-0.39, 0.29) is 5.91 Å². The van der Waals surface area contributed by atoms with Gasteiger partial charge in [0.15, 0.2) is 5.13 Å². The molecule has 5 heteroatoms. The summed E-state index contributed by atoms with van der Waals surface area (Å²) in [4.78, 5) is 18.8. The number of nitrogens with zero attached hydrogens (tertiary/aromatic N) is 2. The zero-order chi connectivity index (χ0) is 16.2. The molecule has 1 aromatic heterocycles. The molecule has 0 aliphatic heterocycles. The van der Waals surface area contributed by atoms with Crippen LogP contribution in [0.25, 0.3) is 10.8 Å². The molecule has 2 aromatic carbocycles. The molecule has 0 spiro atoms. The van der Waals surface area contributed by atoms with E-state index in [0.717, 1.165) is 28.6 Å². The van der Waals surface area contributed by atoms with Gasteiger partial charge in [-0.3, -0.25) is 4.79 Å². The van der Waals surface area contributed by atoms with Crippen molar-refractivity contribution >= 4 is 33.1 Å². The van der Waals surface area contributed by atoms with Gasteiger partial charge in [-0.2, -0.15) is 0 Å². The first-order chi connectivity index (χ1) is 11.1. The monoisotopic (exact) mass is 325 g/mol. The van der Waals surface area contributed by atoms with Gasteiger partial charge in [-0.15, -0.1) is 11.3 Å². The van der Waals surface area contributed by atoms with Gasteiger partial charge in [0.2, 0.25) is 5.91 Å². The summed E-state index contributed by atoms with van der Waals surface area (Å²) in [5.74, 6) is -0.0351. The van der Waals surface area contributed by atoms with E-state index >= 15 is 0 Å². The van der Waals surface area contributed by atoms with E-state index in [1.54, 1.807) is 0 Å². The third-order valence-electron chi connectivity index (χ3n) is 3.51. The standard InChI is InChI=1S/C18H19N3OS/c1-21(2)11-15-12-23-18(19-15)20-17(22)10-14-8-5-7-13-6-3-4-9-16(13)14/h3-9,12H,10-11H2,1-2H3,(H,19,20,22). The first-order valence-corrected chi connectivity index (χ1v) is 8.35. The smallest absolute Gasteiger partial charge is 0.230 e. The minimum Gasteiger partial charge on any atom is -0.304 e. The number of benzene rings is 2. The van der Waals surface area contributed by atoms with Crippen molar-refractivity contribution in [3.8, 4) is 0 Å². The van der Waals surface area contributed by atoms with E-state index in [2.05, 4.69) is 33.4 Å². The van der Waals surface area contributed by atoms with Gasteiger partial charge in [-0.05, 0) is 30.4 Å². The van der Waals surface area contributed by atoms with Crippen LogP contribution in [-0.4, -0.2) is 29.9 Å². The molecule has 0 unspecified atom stereocenters. The highest BCUT2D eigenvalue weighted by Crippen LogP contribution is 2.20. The van der Waals surface area contributed by atoms with Crippen LogP contribution in [-0.2, 0) is 17.8 Å². The summed E-state index contributed by atoms with van der Waals surface area (Å²) in [6.07, 6.45) is 0.351. The number of carbonyl (C=O) groups excluding carboxylic acids is 1. The third-order valence-corrected chi connectivity index (χ3v) is 4.31. The molecule has 0 atom stereocenters. The molecule has 3 aromatic rings. The molecule has 1 heterocycles. The molecule has 0 saturated heterocycles. The van der Waals surface area contributed by atoms with Crippen LogP contribution in [0.4, 0.5) is 5.13 Å². The lowest BCUT2D eigenvalue weighted by Crippen LogP contribution is -2.15. The molecule has 1 amide bonds. The normalized spacial score (nSPS) is 11.1. The van der Waals surface area contributed by atoms with Crippen LogP contribution in [0.5, 0.6) is 0 Å². The van der Waals surface area contributed by atoms with Crippen LogP contribution in [0.2, 0.25) is 0 Å². The largest absolute Gasteiger partial charge is 0.304 e. The average molecular weight is 325 g/mol. The molecule has 0 saturated carbocycles. The van der Waals surface area contributed by atoms with Gasteiger partial charge >= 0.3 is 0 Å². The summed E-state index contributed by atoms with van der Waals surface area (Å²) in [7, 11) is 4.00. The predicted molar refractivity (Wildman–Crippen MR) is 95.8 cm³/mol. The minimum atomic E-state index is -0.0351. The topological polar surface area (TPSA) is 45.2 Å². The summed E-state index contributed by atoms with van der Waals surface area (Å²) in [5.41, 5.74) is 2.01. The Bertz CT molecular complexity index is 821. The maximum Gasteiger partial charge on any atom is 0.230 e.